The van der Waals surface area contributed by atoms with Gasteiger partial charge in [-0.3, -0.25) is 4.79 Å². The molecule has 1 saturated heterocycles. The number of hydrogen-bond acceptors (Lipinski definition) is 4. The molecule has 5 nitrogen and oxygen atoms in total. The normalized spacial score (nSPS) is 14.9. The first-order valence-electron chi connectivity index (χ1n) is 7.80. The van der Waals surface area contributed by atoms with Crippen LogP contribution in [0, 0.1) is 5.82 Å². The molecule has 0 aromatic heterocycles. The maximum Gasteiger partial charge on any atom is 0.227 e. The zero-order valence-corrected chi connectivity index (χ0v) is 14.5. The number of likely N-dealkylation sites (tertiary alicyclic amines) is 1. The molecule has 0 N–H and O–H groups in total. The first-order chi connectivity index (χ1) is 11.9. The number of carbonyl (C=O) groups excluding carboxylic acids is 1. The highest BCUT2D eigenvalue weighted by molar-refractivity contribution is 7.92. The lowest BCUT2D eigenvalue weighted by molar-refractivity contribution is -0.133. The lowest BCUT2D eigenvalue weighted by Gasteiger charge is -2.38. The van der Waals surface area contributed by atoms with Crippen molar-refractivity contribution in [2.75, 3.05) is 20.2 Å². The summed E-state index contributed by atoms with van der Waals surface area (Å²) in [5.74, 6) is 0.0622. The van der Waals surface area contributed by atoms with Crippen molar-refractivity contribution in [2.24, 2.45) is 0 Å². The summed E-state index contributed by atoms with van der Waals surface area (Å²) in [6.45, 7) is 0.311. The van der Waals surface area contributed by atoms with Gasteiger partial charge >= 0.3 is 0 Å². The van der Waals surface area contributed by atoms with E-state index in [1.165, 1.54) is 17.0 Å². The Morgan fingerprint density at radius 1 is 1.20 bits per heavy atom. The summed E-state index contributed by atoms with van der Waals surface area (Å²) in [6.07, 6.45) is 0.195. The first kappa shape index (κ1) is 17.4. The molecule has 0 saturated carbocycles. The maximum absolute atomic E-state index is 12.9. The number of benzene rings is 2. The molecule has 2 aromatic carbocycles. The average molecular weight is 363 g/mol. The summed E-state index contributed by atoms with van der Waals surface area (Å²) < 4.78 is 43.0. The summed E-state index contributed by atoms with van der Waals surface area (Å²) in [6, 6.07) is 12.0. The average Bonchev–Trinajstić information content (AvgIpc) is 2.53. The van der Waals surface area contributed by atoms with Crippen LogP contribution in [0.5, 0.6) is 5.75 Å². The fourth-order valence-electron chi connectivity index (χ4n) is 2.72. The molecule has 1 amide bonds. The van der Waals surface area contributed by atoms with Crippen molar-refractivity contribution < 1.29 is 22.3 Å². The van der Waals surface area contributed by atoms with Gasteiger partial charge in [-0.25, -0.2) is 12.8 Å². The van der Waals surface area contributed by atoms with Crippen LogP contribution in [-0.4, -0.2) is 44.7 Å². The third-order valence-corrected chi connectivity index (χ3v) is 6.38. The van der Waals surface area contributed by atoms with E-state index in [1.807, 2.05) is 6.07 Å². The van der Waals surface area contributed by atoms with E-state index in [0.29, 0.717) is 5.75 Å². The van der Waals surface area contributed by atoms with Gasteiger partial charge in [0.1, 0.15) is 16.8 Å². The van der Waals surface area contributed by atoms with Gasteiger partial charge in [-0.05, 0) is 42.0 Å². The van der Waals surface area contributed by atoms with E-state index in [0.717, 1.165) is 17.7 Å². The van der Waals surface area contributed by atoms with Crippen molar-refractivity contribution in [3.05, 3.63) is 59.9 Å². The van der Waals surface area contributed by atoms with Crippen LogP contribution in [0.15, 0.2) is 53.4 Å². The molecule has 0 aliphatic carbocycles. The van der Waals surface area contributed by atoms with E-state index in [9.17, 15) is 17.6 Å². The number of amides is 1. The molecule has 1 aliphatic rings. The Balaban J connectivity index is 1.61. The van der Waals surface area contributed by atoms with Gasteiger partial charge < -0.3 is 9.64 Å². The Morgan fingerprint density at radius 3 is 2.52 bits per heavy atom. The number of sulfone groups is 1. The molecule has 0 spiro atoms. The fraction of sp³-hybridized carbons (Fsp3) is 0.278. The highest BCUT2D eigenvalue weighted by Crippen LogP contribution is 2.25. The van der Waals surface area contributed by atoms with Crippen molar-refractivity contribution >= 4 is 15.7 Å². The van der Waals surface area contributed by atoms with Crippen LogP contribution in [0.1, 0.15) is 5.56 Å². The van der Waals surface area contributed by atoms with E-state index >= 15 is 0 Å². The molecule has 1 heterocycles. The second kappa shape index (κ2) is 6.84. The number of halogens is 1. The molecule has 1 aliphatic heterocycles. The summed E-state index contributed by atoms with van der Waals surface area (Å²) in [5, 5.41) is -0.646. The Hall–Kier alpha value is -2.41. The highest BCUT2D eigenvalue weighted by Gasteiger charge is 2.40. The molecule has 0 radical (unpaired) electrons. The lowest BCUT2D eigenvalue weighted by atomic mass is 10.1. The van der Waals surface area contributed by atoms with Crippen LogP contribution in [-0.2, 0) is 21.1 Å². The zero-order chi connectivity index (χ0) is 18.0. The monoisotopic (exact) mass is 363 g/mol. The number of rotatable bonds is 5. The SMILES string of the molecule is COc1cccc(CC(=O)N2CC(S(=O)(=O)c3ccc(F)cc3)C2)c1. The molecule has 7 heteroatoms. The Labute approximate surface area is 145 Å². The number of methoxy groups -OCH3 is 1. The van der Waals surface area contributed by atoms with Gasteiger partial charge in [0.2, 0.25) is 5.91 Å². The van der Waals surface area contributed by atoms with Crippen LogP contribution in [0.3, 0.4) is 0 Å². The Bertz CT molecular complexity index is 874. The van der Waals surface area contributed by atoms with Gasteiger partial charge in [0, 0.05) is 13.1 Å². The van der Waals surface area contributed by atoms with Gasteiger partial charge in [-0.1, -0.05) is 12.1 Å². The smallest absolute Gasteiger partial charge is 0.227 e. The van der Waals surface area contributed by atoms with Crippen molar-refractivity contribution in [1.82, 2.24) is 4.90 Å². The van der Waals surface area contributed by atoms with Crippen molar-refractivity contribution in [1.29, 1.82) is 0 Å². The molecule has 3 rings (SSSR count). The number of ether oxygens (including phenoxy) is 1. The second-order valence-electron chi connectivity index (χ2n) is 5.95. The number of hydrogen-bond donors (Lipinski definition) is 0. The summed E-state index contributed by atoms with van der Waals surface area (Å²) in [5.41, 5.74) is 0.814. The largest absolute Gasteiger partial charge is 0.497 e. The van der Waals surface area contributed by atoms with E-state index in [1.54, 1.807) is 25.3 Å². The van der Waals surface area contributed by atoms with E-state index in [4.69, 9.17) is 4.74 Å². The molecule has 2 aromatic rings. The van der Waals surface area contributed by atoms with Gasteiger partial charge in [-0.15, -0.1) is 0 Å². The summed E-state index contributed by atoms with van der Waals surface area (Å²) in [4.78, 5) is 13.9. The van der Waals surface area contributed by atoms with Crippen LogP contribution in [0.2, 0.25) is 0 Å². The third-order valence-electron chi connectivity index (χ3n) is 4.27. The molecule has 0 bridgehead atoms. The van der Waals surface area contributed by atoms with Crippen LogP contribution in [0.25, 0.3) is 0 Å². The number of nitrogens with zero attached hydrogens (tertiary/aromatic N) is 1. The van der Waals surface area contributed by atoms with Crippen molar-refractivity contribution in [2.45, 2.75) is 16.6 Å². The predicted molar refractivity (Wildman–Crippen MR) is 90.7 cm³/mol. The van der Waals surface area contributed by atoms with Crippen molar-refractivity contribution in [3.63, 3.8) is 0 Å². The van der Waals surface area contributed by atoms with E-state index in [2.05, 4.69) is 0 Å². The Kier molecular flexibility index (Phi) is 4.76. The molecule has 25 heavy (non-hydrogen) atoms. The maximum atomic E-state index is 12.9. The minimum Gasteiger partial charge on any atom is -0.497 e. The fourth-order valence-corrected chi connectivity index (χ4v) is 4.38. The molecule has 0 atom stereocenters. The summed E-state index contributed by atoms with van der Waals surface area (Å²) in [7, 11) is -1.99. The van der Waals surface area contributed by atoms with Gasteiger partial charge in [0.05, 0.1) is 18.4 Å². The molecule has 132 valence electrons. The number of carbonyl (C=O) groups is 1. The van der Waals surface area contributed by atoms with Crippen LogP contribution in [0.4, 0.5) is 4.39 Å². The minimum atomic E-state index is -3.55. The standard InChI is InChI=1S/C18H18FNO4S/c1-24-15-4-2-3-13(9-15)10-18(21)20-11-17(12-20)25(22,23)16-7-5-14(19)6-8-16/h2-9,17H,10-12H2,1H3. The molecular formula is C18H18FNO4S. The molecule has 1 fully saturated rings. The second-order valence-corrected chi connectivity index (χ2v) is 8.18. The molecular weight excluding hydrogens is 345 g/mol. The summed E-state index contributed by atoms with van der Waals surface area (Å²) >= 11 is 0. The minimum absolute atomic E-state index is 0.0822. The topological polar surface area (TPSA) is 63.7 Å². The van der Waals surface area contributed by atoms with E-state index in [-0.39, 0.29) is 30.3 Å². The van der Waals surface area contributed by atoms with Gasteiger partial charge in [0.15, 0.2) is 9.84 Å². The quantitative estimate of drug-likeness (QED) is 0.763. The van der Waals surface area contributed by atoms with Crippen LogP contribution >= 0.6 is 0 Å². The van der Waals surface area contributed by atoms with Gasteiger partial charge in [0.25, 0.3) is 0 Å². The van der Waals surface area contributed by atoms with E-state index < -0.39 is 20.9 Å². The highest BCUT2D eigenvalue weighted by atomic mass is 32.2. The van der Waals surface area contributed by atoms with Gasteiger partial charge in [-0.2, -0.15) is 0 Å². The predicted octanol–water partition coefficient (Wildman–Crippen LogP) is 2.06. The Morgan fingerprint density at radius 2 is 1.88 bits per heavy atom. The molecule has 0 unspecified atom stereocenters. The third kappa shape index (κ3) is 3.66. The van der Waals surface area contributed by atoms with Crippen molar-refractivity contribution in [3.8, 4) is 5.75 Å². The lowest BCUT2D eigenvalue weighted by Crippen LogP contribution is -2.57. The zero-order valence-electron chi connectivity index (χ0n) is 13.7. The van der Waals surface area contributed by atoms with Crippen LogP contribution < -0.4 is 4.74 Å². The first-order valence-corrected chi connectivity index (χ1v) is 9.35.